The number of aliphatic carboxylic acids is 1. The van der Waals surface area contributed by atoms with Crippen LogP contribution >= 0.6 is 0 Å². The lowest BCUT2D eigenvalue weighted by Crippen LogP contribution is -2.14. The second-order valence-electron chi connectivity index (χ2n) is 4.33. The molecule has 20 heavy (non-hydrogen) atoms. The van der Waals surface area contributed by atoms with Gasteiger partial charge in [-0.2, -0.15) is 0 Å². The van der Waals surface area contributed by atoms with Crippen LogP contribution in [0.15, 0.2) is 67.3 Å². The van der Waals surface area contributed by atoms with Crippen LogP contribution < -0.4 is 0 Å². The van der Waals surface area contributed by atoms with Gasteiger partial charge in [-0.05, 0) is 5.56 Å². The van der Waals surface area contributed by atoms with Crippen LogP contribution in [0.25, 0.3) is 0 Å². The summed E-state index contributed by atoms with van der Waals surface area (Å²) >= 11 is 0. The summed E-state index contributed by atoms with van der Waals surface area (Å²) in [7, 11) is 0. The molecule has 0 fully saturated rings. The highest BCUT2D eigenvalue weighted by Crippen LogP contribution is 2.24. The number of carbonyl (C=O) groups is 2. The van der Waals surface area contributed by atoms with Gasteiger partial charge >= 0.3 is 5.97 Å². The van der Waals surface area contributed by atoms with Gasteiger partial charge in [-0.15, -0.1) is 6.58 Å². The topological polar surface area (TPSA) is 54.4 Å². The van der Waals surface area contributed by atoms with Crippen LogP contribution in [0.5, 0.6) is 0 Å². The molecule has 0 aromatic heterocycles. The Kier molecular flexibility index (Phi) is 4.11. The first-order valence-corrected chi connectivity index (χ1v) is 6.19. The second kappa shape index (κ2) is 5.97. The van der Waals surface area contributed by atoms with Gasteiger partial charge in [0, 0.05) is 11.1 Å². The molecular weight excluding hydrogens is 252 g/mol. The molecule has 3 heteroatoms. The zero-order valence-corrected chi connectivity index (χ0v) is 10.8. The largest absolute Gasteiger partial charge is 0.481 e. The van der Waals surface area contributed by atoms with E-state index in [1.807, 2.05) is 6.07 Å². The van der Waals surface area contributed by atoms with Crippen LogP contribution in [-0.2, 0) is 4.79 Å². The molecule has 0 spiro atoms. The maximum Gasteiger partial charge on any atom is 0.314 e. The minimum atomic E-state index is -1.02. The molecule has 2 rings (SSSR count). The molecule has 0 amide bonds. The Hall–Kier alpha value is -2.68. The van der Waals surface area contributed by atoms with Gasteiger partial charge < -0.3 is 5.11 Å². The summed E-state index contributed by atoms with van der Waals surface area (Å²) in [5.41, 5.74) is 1.39. The summed E-state index contributed by atoms with van der Waals surface area (Å²) in [5, 5.41) is 9.22. The summed E-state index contributed by atoms with van der Waals surface area (Å²) in [6.07, 6.45) is 1.33. The minimum Gasteiger partial charge on any atom is -0.481 e. The van der Waals surface area contributed by atoms with E-state index < -0.39 is 11.9 Å². The Morgan fingerprint density at radius 2 is 1.60 bits per heavy atom. The zero-order chi connectivity index (χ0) is 14.5. The molecule has 0 bridgehead atoms. The van der Waals surface area contributed by atoms with Gasteiger partial charge in [0.2, 0.25) is 0 Å². The fourth-order valence-electron chi connectivity index (χ4n) is 2.08. The molecule has 0 aliphatic heterocycles. The van der Waals surface area contributed by atoms with Crippen molar-refractivity contribution >= 4 is 11.8 Å². The maximum absolute atomic E-state index is 12.5. The van der Waals surface area contributed by atoms with Gasteiger partial charge in [0.25, 0.3) is 0 Å². The van der Waals surface area contributed by atoms with Crippen LogP contribution in [0, 0.1) is 0 Å². The highest BCUT2D eigenvalue weighted by atomic mass is 16.4. The predicted octanol–water partition coefficient (Wildman–Crippen LogP) is 3.27. The SMILES string of the molecule is C=CC(C(=O)O)c1ccccc1C(=O)c1ccccc1. The standard InChI is InChI=1S/C17H14O3/c1-2-13(17(19)20)14-10-6-7-11-15(14)16(18)12-8-4-3-5-9-12/h2-11,13H,1H2,(H,19,20). The van der Waals surface area contributed by atoms with E-state index in [0.717, 1.165) is 0 Å². The van der Waals surface area contributed by atoms with Crippen molar-refractivity contribution in [1.29, 1.82) is 0 Å². The fourth-order valence-corrected chi connectivity index (χ4v) is 2.08. The third kappa shape index (κ3) is 2.67. The number of carboxylic acids is 1. The third-order valence-corrected chi connectivity index (χ3v) is 3.08. The van der Waals surface area contributed by atoms with Crippen LogP contribution in [0.1, 0.15) is 27.4 Å². The summed E-state index contributed by atoms with van der Waals surface area (Å²) in [6, 6.07) is 15.5. The lowest BCUT2D eigenvalue weighted by Gasteiger charge is -2.12. The van der Waals surface area contributed by atoms with E-state index in [2.05, 4.69) is 6.58 Å². The number of carboxylic acid groups (broad SMARTS) is 1. The zero-order valence-electron chi connectivity index (χ0n) is 10.8. The fraction of sp³-hybridized carbons (Fsp3) is 0.0588. The Bertz CT molecular complexity index is 644. The summed E-state index contributed by atoms with van der Waals surface area (Å²) in [4.78, 5) is 23.7. The number of benzene rings is 2. The molecule has 1 N–H and O–H groups in total. The van der Waals surface area contributed by atoms with Crippen LogP contribution in [0.4, 0.5) is 0 Å². The third-order valence-electron chi connectivity index (χ3n) is 3.08. The van der Waals surface area contributed by atoms with Gasteiger partial charge in [-0.1, -0.05) is 60.7 Å². The first-order chi connectivity index (χ1) is 9.65. The van der Waals surface area contributed by atoms with Gasteiger partial charge in [0.15, 0.2) is 5.78 Å². The molecule has 0 aliphatic rings. The summed E-state index contributed by atoms with van der Waals surface area (Å²) < 4.78 is 0. The molecule has 0 aliphatic carbocycles. The molecule has 0 saturated carbocycles. The normalized spacial score (nSPS) is 11.6. The Morgan fingerprint density at radius 1 is 1.00 bits per heavy atom. The monoisotopic (exact) mass is 266 g/mol. The molecule has 0 radical (unpaired) electrons. The van der Waals surface area contributed by atoms with Crippen molar-refractivity contribution in [2.45, 2.75) is 5.92 Å². The van der Waals surface area contributed by atoms with Gasteiger partial charge in [0.1, 0.15) is 5.92 Å². The van der Waals surface area contributed by atoms with Crippen LogP contribution in [-0.4, -0.2) is 16.9 Å². The number of ketones is 1. The van der Waals surface area contributed by atoms with E-state index in [9.17, 15) is 14.7 Å². The van der Waals surface area contributed by atoms with Crippen molar-refractivity contribution in [1.82, 2.24) is 0 Å². The van der Waals surface area contributed by atoms with Crippen molar-refractivity contribution in [2.75, 3.05) is 0 Å². The number of hydrogen-bond donors (Lipinski definition) is 1. The molecule has 100 valence electrons. The van der Waals surface area contributed by atoms with Crippen molar-refractivity contribution in [3.63, 3.8) is 0 Å². The molecule has 3 nitrogen and oxygen atoms in total. The van der Waals surface area contributed by atoms with Gasteiger partial charge in [0.05, 0.1) is 0 Å². The molecule has 0 saturated heterocycles. The van der Waals surface area contributed by atoms with Crippen LogP contribution in [0.3, 0.4) is 0 Å². The molecule has 2 aromatic carbocycles. The van der Waals surface area contributed by atoms with E-state index in [1.54, 1.807) is 48.5 Å². The molecule has 0 heterocycles. The molecule has 1 unspecified atom stereocenters. The maximum atomic E-state index is 12.5. The van der Waals surface area contributed by atoms with E-state index in [4.69, 9.17) is 0 Å². The van der Waals surface area contributed by atoms with Gasteiger partial charge in [-0.25, -0.2) is 0 Å². The number of carbonyl (C=O) groups excluding carboxylic acids is 1. The van der Waals surface area contributed by atoms with Crippen molar-refractivity contribution in [2.24, 2.45) is 0 Å². The Labute approximate surface area is 117 Å². The quantitative estimate of drug-likeness (QED) is 0.667. The average molecular weight is 266 g/mol. The van der Waals surface area contributed by atoms with Crippen molar-refractivity contribution in [3.05, 3.63) is 83.9 Å². The van der Waals surface area contributed by atoms with Gasteiger partial charge in [-0.3, -0.25) is 9.59 Å². The Morgan fingerprint density at radius 3 is 2.20 bits per heavy atom. The molecular formula is C17H14O3. The lowest BCUT2D eigenvalue weighted by molar-refractivity contribution is -0.137. The number of hydrogen-bond acceptors (Lipinski definition) is 2. The smallest absolute Gasteiger partial charge is 0.314 e. The molecule has 1 atom stereocenters. The van der Waals surface area contributed by atoms with E-state index in [1.165, 1.54) is 6.08 Å². The molecule has 2 aromatic rings. The summed E-state index contributed by atoms with van der Waals surface area (Å²) in [5.74, 6) is -2.10. The minimum absolute atomic E-state index is 0.186. The first kappa shape index (κ1) is 13.7. The van der Waals surface area contributed by atoms with E-state index in [-0.39, 0.29) is 5.78 Å². The van der Waals surface area contributed by atoms with E-state index in [0.29, 0.717) is 16.7 Å². The summed E-state index contributed by atoms with van der Waals surface area (Å²) in [6.45, 7) is 3.54. The van der Waals surface area contributed by atoms with Crippen molar-refractivity contribution < 1.29 is 14.7 Å². The van der Waals surface area contributed by atoms with E-state index >= 15 is 0 Å². The highest BCUT2D eigenvalue weighted by molar-refractivity contribution is 6.10. The first-order valence-electron chi connectivity index (χ1n) is 6.19. The predicted molar refractivity (Wildman–Crippen MR) is 76.9 cm³/mol. The highest BCUT2D eigenvalue weighted by Gasteiger charge is 2.22. The second-order valence-corrected chi connectivity index (χ2v) is 4.33. The number of rotatable bonds is 5. The Balaban J connectivity index is 2.50. The van der Waals surface area contributed by atoms with Crippen molar-refractivity contribution in [3.8, 4) is 0 Å². The lowest BCUT2D eigenvalue weighted by atomic mass is 9.90. The van der Waals surface area contributed by atoms with Crippen LogP contribution in [0.2, 0.25) is 0 Å². The average Bonchev–Trinajstić information content (AvgIpc) is 2.48.